The summed E-state index contributed by atoms with van der Waals surface area (Å²) in [6.45, 7) is 6.61. The number of hydrogen-bond donors (Lipinski definition) is 3. The molecule has 6 heteroatoms. The van der Waals surface area contributed by atoms with E-state index in [-0.39, 0.29) is 0 Å². The fraction of sp³-hybridized carbons (Fsp3) is 0.368. The lowest BCUT2D eigenvalue weighted by molar-refractivity contribution is 0.781. The maximum Gasteiger partial charge on any atom is 0.191 e. The van der Waals surface area contributed by atoms with Gasteiger partial charge < -0.3 is 15.6 Å². The quantitative estimate of drug-likeness (QED) is 0.449. The monoisotopic (exact) mass is 355 g/mol. The largest absolute Gasteiger partial charge is 0.357 e. The molecule has 5 nitrogen and oxygen atoms in total. The van der Waals surface area contributed by atoms with Crippen LogP contribution in [-0.4, -0.2) is 29.0 Å². The molecule has 0 spiro atoms. The van der Waals surface area contributed by atoms with Gasteiger partial charge in [-0.3, -0.25) is 0 Å². The first kappa shape index (κ1) is 17.5. The van der Waals surface area contributed by atoms with Gasteiger partial charge in [0.2, 0.25) is 0 Å². The number of nitrogens with one attached hydrogen (secondary N) is 3. The number of aliphatic imine (C=N–C) groups is 1. The molecule has 132 valence electrons. The van der Waals surface area contributed by atoms with E-state index in [0.717, 1.165) is 48.7 Å². The summed E-state index contributed by atoms with van der Waals surface area (Å²) in [6.07, 6.45) is 1.92. The Hall–Kier alpha value is -2.34. The summed E-state index contributed by atoms with van der Waals surface area (Å²) in [6, 6.07) is 12.5. The van der Waals surface area contributed by atoms with E-state index in [1.54, 1.807) is 0 Å². The van der Waals surface area contributed by atoms with Crippen molar-refractivity contribution in [1.29, 1.82) is 0 Å². The first-order valence-corrected chi connectivity index (χ1v) is 9.63. The predicted octanol–water partition coefficient (Wildman–Crippen LogP) is 3.48. The third kappa shape index (κ3) is 4.82. The molecule has 0 unspecified atom stereocenters. The molecule has 0 saturated carbocycles. The van der Waals surface area contributed by atoms with Gasteiger partial charge >= 0.3 is 0 Å². The number of rotatable bonds is 7. The van der Waals surface area contributed by atoms with Gasteiger partial charge in [-0.15, -0.1) is 11.3 Å². The number of imidazole rings is 1. The molecule has 3 N–H and O–H groups in total. The predicted molar refractivity (Wildman–Crippen MR) is 106 cm³/mol. The van der Waals surface area contributed by atoms with Crippen LogP contribution in [0.4, 0.5) is 0 Å². The van der Waals surface area contributed by atoms with Crippen molar-refractivity contribution in [2.75, 3.05) is 13.1 Å². The van der Waals surface area contributed by atoms with Gasteiger partial charge in [-0.05, 0) is 37.6 Å². The molecule has 2 heterocycles. The van der Waals surface area contributed by atoms with E-state index in [0.29, 0.717) is 6.54 Å². The van der Waals surface area contributed by atoms with Crippen LogP contribution in [0.3, 0.4) is 0 Å². The highest BCUT2D eigenvalue weighted by molar-refractivity contribution is 7.11. The minimum atomic E-state index is 0.713. The summed E-state index contributed by atoms with van der Waals surface area (Å²) in [4.78, 5) is 15.4. The highest BCUT2D eigenvalue weighted by atomic mass is 32.1. The van der Waals surface area contributed by atoms with Crippen LogP contribution in [0.2, 0.25) is 0 Å². The zero-order valence-electron chi connectivity index (χ0n) is 14.8. The summed E-state index contributed by atoms with van der Waals surface area (Å²) < 4.78 is 0. The zero-order valence-corrected chi connectivity index (χ0v) is 15.6. The maximum atomic E-state index is 4.68. The molecule has 3 rings (SSSR count). The van der Waals surface area contributed by atoms with Crippen LogP contribution in [-0.2, 0) is 19.4 Å². The smallest absolute Gasteiger partial charge is 0.191 e. The molecule has 0 amide bonds. The van der Waals surface area contributed by atoms with Gasteiger partial charge in [-0.1, -0.05) is 19.1 Å². The number of thiophene rings is 1. The van der Waals surface area contributed by atoms with Gasteiger partial charge in [0.1, 0.15) is 5.82 Å². The van der Waals surface area contributed by atoms with Gasteiger partial charge in [0.25, 0.3) is 0 Å². The zero-order chi connectivity index (χ0) is 17.5. The summed E-state index contributed by atoms with van der Waals surface area (Å²) in [5.74, 6) is 1.85. The number of H-pyrrole nitrogens is 1. The Kier molecular flexibility index (Phi) is 6.06. The van der Waals surface area contributed by atoms with E-state index in [2.05, 4.69) is 57.6 Å². The van der Waals surface area contributed by atoms with Crippen molar-refractivity contribution < 1.29 is 0 Å². The highest BCUT2D eigenvalue weighted by Gasteiger charge is 2.03. The van der Waals surface area contributed by atoms with Crippen molar-refractivity contribution in [2.24, 2.45) is 4.99 Å². The lowest BCUT2D eigenvalue weighted by atomic mass is 10.3. The van der Waals surface area contributed by atoms with Crippen LogP contribution in [0, 0.1) is 0 Å². The number of aromatic amines is 1. The van der Waals surface area contributed by atoms with Crippen molar-refractivity contribution >= 4 is 28.3 Å². The molecule has 0 aliphatic carbocycles. The van der Waals surface area contributed by atoms with E-state index < -0.39 is 0 Å². The Balaban J connectivity index is 1.54. The van der Waals surface area contributed by atoms with E-state index >= 15 is 0 Å². The van der Waals surface area contributed by atoms with Gasteiger partial charge in [0.15, 0.2) is 5.96 Å². The van der Waals surface area contributed by atoms with Gasteiger partial charge in [-0.2, -0.15) is 0 Å². The van der Waals surface area contributed by atoms with Gasteiger partial charge in [-0.25, -0.2) is 9.98 Å². The van der Waals surface area contributed by atoms with Crippen LogP contribution in [0.25, 0.3) is 11.0 Å². The van der Waals surface area contributed by atoms with E-state index in [1.807, 2.05) is 29.5 Å². The number of para-hydroxylation sites is 2. The van der Waals surface area contributed by atoms with Crippen LogP contribution < -0.4 is 10.6 Å². The molecule has 3 aromatic rings. The molecule has 0 atom stereocenters. The van der Waals surface area contributed by atoms with E-state index in [9.17, 15) is 0 Å². The van der Waals surface area contributed by atoms with Crippen molar-refractivity contribution in [3.63, 3.8) is 0 Å². The second-order valence-electron chi connectivity index (χ2n) is 5.79. The number of aromatic nitrogens is 2. The molecule has 0 aliphatic rings. The van der Waals surface area contributed by atoms with Gasteiger partial charge in [0.05, 0.1) is 17.6 Å². The Morgan fingerprint density at radius 1 is 1.12 bits per heavy atom. The van der Waals surface area contributed by atoms with Crippen LogP contribution >= 0.6 is 11.3 Å². The maximum absolute atomic E-state index is 4.68. The third-order valence-corrected chi connectivity index (χ3v) is 5.11. The minimum absolute atomic E-state index is 0.713. The topological polar surface area (TPSA) is 65.1 Å². The Morgan fingerprint density at radius 3 is 2.72 bits per heavy atom. The molecular weight excluding hydrogens is 330 g/mol. The van der Waals surface area contributed by atoms with Crippen molar-refractivity contribution in [3.05, 3.63) is 52.0 Å². The van der Waals surface area contributed by atoms with Crippen LogP contribution in [0.5, 0.6) is 0 Å². The number of guanidine groups is 1. The molecular formula is C19H25N5S. The number of benzene rings is 1. The summed E-state index contributed by atoms with van der Waals surface area (Å²) >= 11 is 1.84. The molecule has 0 bridgehead atoms. The summed E-state index contributed by atoms with van der Waals surface area (Å²) in [7, 11) is 0. The molecule has 0 fully saturated rings. The molecule has 0 aliphatic heterocycles. The Labute approximate surface area is 152 Å². The van der Waals surface area contributed by atoms with E-state index in [1.165, 1.54) is 9.75 Å². The molecule has 0 saturated heterocycles. The lowest BCUT2D eigenvalue weighted by Gasteiger charge is -2.10. The fourth-order valence-electron chi connectivity index (χ4n) is 2.62. The molecule has 2 aromatic heterocycles. The Bertz CT molecular complexity index is 800. The SMILES string of the molecule is CCNC(=NCc1ccc(CC)s1)NCCc1nc2ccccc2[nH]1. The minimum Gasteiger partial charge on any atom is -0.357 e. The highest BCUT2D eigenvalue weighted by Crippen LogP contribution is 2.17. The van der Waals surface area contributed by atoms with Crippen molar-refractivity contribution in [3.8, 4) is 0 Å². The normalized spacial score (nSPS) is 11.8. The Morgan fingerprint density at radius 2 is 1.96 bits per heavy atom. The second kappa shape index (κ2) is 8.67. The lowest BCUT2D eigenvalue weighted by Crippen LogP contribution is -2.38. The average Bonchev–Trinajstić information content (AvgIpc) is 3.25. The number of fused-ring (bicyclic) bond motifs is 1. The average molecular weight is 356 g/mol. The van der Waals surface area contributed by atoms with Crippen LogP contribution in [0.1, 0.15) is 29.4 Å². The van der Waals surface area contributed by atoms with E-state index in [4.69, 9.17) is 0 Å². The standard InChI is InChI=1S/C19H25N5S/c1-3-14-9-10-15(25-14)13-22-19(20-4-2)21-12-11-18-23-16-7-5-6-8-17(16)24-18/h5-10H,3-4,11-13H2,1-2H3,(H,23,24)(H2,20,21,22). The third-order valence-electron chi connectivity index (χ3n) is 3.90. The fourth-order valence-corrected chi connectivity index (χ4v) is 3.50. The number of nitrogens with zero attached hydrogens (tertiary/aromatic N) is 2. The van der Waals surface area contributed by atoms with Crippen molar-refractivity contribution in [1.82, 2.24) is 20.6 Å². The number of hydrogen-bond acceptors (Lipinski definition) is 3. The van der Waals surface area contributed by atoms with Gasteiger partial charge in [0, 0.05) is 29.3 Å². The van der Waals surface area contributed by atoms with Crippen molar-refractivity contribution in [2.45, 2.75) is 33.2 Å². The first-order chi connectivity index (χ1) is 12.3. The summed E-state index contributed by atoms with van der Waals surface area (Å²) in [5, 5.41) is 6.69. The number of aryl methyl sites for hydroxylation is 1. The summed E-state index contributed by atoms with van der Waals surface area (Å²) in [5.41, 5.74) is 2.10. The molecule has 25 heavy (non-hydrogen) atoms. The molecule has 0 radical (unpaired) electrons. The second-order valence-corrected chi connectivity index (χ2v) is 7.05. The first-order valence-electron chi connectivity index (χ1n) is 8.82. The van der Waals surface area contributed by atoms with Crippen LogP contribution in [0.15, 0.2) is 41.4 Å². The molecule has 1 aromatic carbocycles.